The van der Waals surface area contributed by atoms with Crippen molar-refractivity contribution < 1.29 is 9.84 Å². The minimum absolute atomic E-state index is 0.329. The third kappa shape index (κ3) is 2.97. The quantitative estimate of drug-likeness (QED) is 0.930. The molecule has 0 aromatic heterocycles. The maximum absolute atomic E-state index is 10.4. The van der Waals surface area contributed by atoms with E-state index < -0.39 is 6.10 Å². The maximum atomic E-state index is 10.4. The number of halogens is 2. The van der Waals surface area contributed by atoms with Crippen molar-refractivity contribution in [2.24, 2.45) is 5.41 Å². The first kappa shape index (κ1) is 14.6. The van der Waals surface area contributed by atoms with E-state index in [0.29, 0.717) is 27.6 Å². The van der Waals surface area contributed by atoms with Gasteiger partial charge in [0.2, 0.25) is 0 Å². The Morgan fingerprint density at radius 2 is 2.15 bits per heavy atom. The van der Waals surface area contributed by atoms with Crippen LogP contribution >= 0.6 is 23.2 Å². The van der Waals surface area contributed by atoms with Crippen LogP contribution < -0.4 is 0 Å². The van der Waals surface area contributed by atoms with Crippen LogP contribution in [0.3, 0.4) is 0 Å². The van der Waals surface area contributed by atoms with Crippen LogP contribution in [0.2, 0.25) is 10.0 Å². The van der Waals surface area contributed by atoms with Gasteiger partial charge in [0.05, 0.1) is 19.3 Å². The van der Waals surface area contributed by atoms with Crippen LogP contribution in [0.4, 0.5) is 0 Å². The summed E-state index contributed by atoms with van der Waals surface area (Å²) in [4.78, 5) is 2.31. The highest BCUT2D eigenvalue weighted by Gasteiger charge is 2.42. The second-order valence-electron chi connectivity index (χ2n) is 6.01. The number of likely N-dealkylation sites (tertiary alicyclic amines) is 1. The highest BCUT2D eigenvalue weighted by molar-refractivity contribution is 6.33. The lowest BCUT2D eigenvalue weighted by molar-refractivity contribution is -0.146. The molecule has 0 saturated carbocycles. The molecular formula is C15H19Cl2NO2. The Kier molecular flexibility index (Phi) is 4.25. The van der Waals surface area contributed by atoms with E-state index in [-0.39, 0.29) is 0 Å². The van der Waals surface area contributed by atoms with E-state index in [0.717, 1.165) is 26.3 Å². The Hall–Kier alpha value is -0.320. The van der Waals surface area contributed by atoms with Gasteiger partial charge in [0.1, 0.15) is 0 Å². The molecule has 0 radical (unpaired) electrons. The smallest absolute Gasteiger partial charge is 0.0931 e. The van der Waals surface area contributed by atoms with Crippen LogP contribution in [0.1, 0.15) is 24.5 Å². The number of ether oxygens (including phenoxy) is 1. The van der Waals surface area contributed by atoms with Crippen molar-refractivity contribution in [2.75, 3.05) is 32.8 Å². The van der Waals surface area contributed by atoms with E-state index in [4.69, 9.17) is 27.9 Å². The molecule has 0 bridgehead atoms. The van der Waals surface area contributed by atoms with Gasteiger partial charge in [-0.1, -0.05) is 23.2 Å². The Morgan fingerprint density at radius 1 is 1.35 bits per heavy atom. The molecule has 1 atom stereocenters. The van der Waals surface area contributed by atoms with Crippen LogP contribution in [0, 0.1) is 5.41 Å². The first-order valence-electron chi connectivity index (χ1n) is 7.01. The van der Waals surface area contributed by atoms with Crippen LogP contribution in [0.25, 0.3) is 0 Å². The molecule has 1 N–H and O–H groups in total. The van der Waals surface area contributed by atoms with Crippen LogP contribution in [-0.2, 0) is 4.74 Å². The molecule has 2 aliphatic heterocycles. The summed E-state index contributed by atoms with van der Waals surface area (Å²) in [5.74, 6) is 0. The first-order chi connectivity index (χ1) is 9.58. The van der Waals surface area contributed by atoms with Crippen LogP contribution in [-0.4, -0.2) is 42.9 Å². The SMILES string of the molecule is OC(CN1CCCC2(COC2)C1)c1cc(Cl)ccc1Cl. The first-order valence-corrected chi connectivity index (χ1v) is 7.77. The fourth-order valence-corrected chi connectivity index (χ4v) is 3.63. The lowest BCUT2D eigenvalue weighted by Crippen LogP contribution is -2.54. The van der Waals surface area contributed by atoms with Crippen molar-refractivity contribution in [3.8, 4) is 0 Å². The molecule has 20 heavy (non-hydrogen) atoms. The molecule has 2 fully saturated rings. The summed E-state index contributed by atoms with van der Waals surface area (Å²) in [5.41, 5.74) is 1.04. The number of hydrogen-bond acceptors (Lipinski definition) is 3. The van der Waals surface area contributed by atoms with E-state index >= 15 is 0 Å². The lowest BCUT2D eigenvalue weighted by Gasteiger charge is -2.48. The number of aliphatic hydroxyl groups is 1. The zero-order valence-electron chi connectivity index (χ0n) is 11.3. The fraction of sp³-hybridized carbons (Fsp3) is 0.600. The number of benzene rings is 1. The zero-order chi connectivity index (χ0) is 14.2. The Morgan fingerprint density at radius 3 is 2.85 bits per heavy atom. The minimum atomic E-state index is -0.600. The van der Waals surface area contributed by atoms with E-state index in [9.17, 15) is 5.11 Å². The van der Waals surface area contributed by atoms with Crippen LogP contribution in [0.5, 0.6) is 0 Å². The van der Waals surface area contributed by atoms with Gasteiger partial charge >= 0.3 is 0 Å². The predicted octanol–water partition coefficient (Wildman–Crippen LogP) is 3.14. The third-order valence-electron chi connectivity index (χ3n) is 4.31. The van der Waals surface area contributed by atoms with Crippen molar-refractivity contribution >= 4 is 23.2 Å². The molecule has 1 aromatic carbocycles. The molecular weight excluding hydrogens is 297 g/mol. The number of aliphatic hydroxyl groups excluding tert-OH is 1. The largest absolute Gasteiger partial charge is 0.387 e. The van der Waals surface area contributed by atoms with Gasteiger partial charge in [0.15, 0.2) is 0 Å². The van der Waals surface area contributed by atoms with Gasteiger partial charge in [0.25, 0.3) is 0 Å². The number of rotatable bonds is 3. The summed E-state index contributed by atoms with van der Waals surface area (Å²) in [6, 6.07) is 5.22. The molecule has 0 aliphatic carbocycles. The molecule has 1 aromatic rings. The van der Waals surface area contributed by atoms with E-state index in [1.165, 1.54) is 12.8 Å². The van der Waals surface area contributed by atoms with Crippen molar-refractivity contribution in [2.45, 2.75) is 18.9 Å². The number of β-amino-alcohol motifs (C(OH)–C–C–N with tert-alkyl or cyclic N) is 1. The molecule has 5 heteroatoms. The summed E-state index contributed by atoms with van der Waals surface area (Å²) in [7, 11) is 0. The fourth-order valence-electron chi connectivity index (χ4n) is 3.21. The lowest BCUT2D eigenvalue weighted by atomic mass is 9.78. The zero-order valence-corrected chi connectivity index (χ0v) is 12.8. The Balaban J connectivity index is 1.66. The highest BCUT2D eigenvalue weighted by atomic mass is 35.5. The van der Waals surface area contributed by atoms with Crippen molar-refractivity contribution in [3.63, 3.8) is 0 Å². The van der Waals surface area contributed by atoms with E-state index in [1.54, 1.807) is 18.2 Å². The molecule has 1 spiro atoms. The average Bonchev–Trinajstić information content (AvgIpc) is 2.40. The Bertz CT molecular complexity index is 491. The van der Waals surface area contributed by atoms with Gasteiger partial charge in [0, 0.05) is 34.1 Å². The molecule has 3 rings (SSSR count). The molecule has 110 valence electrons. The van der Waals surface area contributed by atoms with Crippen molar-refractivity contribution in [3.05, 3.63) is 33.8 Å². The van der Waals surface area contributed by atoms with Gasteiger partial charge in [-0.25, -0.2) is 0 Å². The molecule has 1 unspecified atom stereocenters. The van der Waals surface area contributed by atoms with E-state index in [2.05, 4.69) is 4.90 Å². The predicted molar refractivity (Wildman–Crippen MR) is 80.3 cm³/mol. The summed E-state index contributed by atoms with van der Waals surface area (Å²) < 4.78 is 5.36. The van der Waals surface area contributed by atoms with Crippen molar-refractivity contribution in [1.29, 1.82) is 0 Å². The van der Waals surface area contributed by atoms with E-state index in [1.807, 2.05) is 0 Å². The van der Waals surface area contributed by atoms with Gasteiger partial charge < -0.3 is 9.84 Å². The summed E-state index contributed by atoms with van der Waals surface area (Å²) in [6.45, 7) is 4.34. The normalized spacial score (nSPS) is 23.6. The highest BCUT2D eigenvalue weighted by Crippen LogP contribution is 2.37. The molecule has 2 aliphatic rings. The number of nitrogens with zero attached hydrogens (tertiary/aromatic N) is 1. The standard InChI is InChI=1S/C15H19Cl2NO2/c16-11-2-3-13(17)12(6-11)14(19)7-18-5-1-4-15(8-18)9-20-10-15/h2-3,6,14,19H,1,4-5,7-10H2. The van der Waals surface area contributed by atoms with Gasteiger partial charge in [-0.05, 0) is 37.6 Å². The average molecular weight is 316 g/mol. The monoisotopic (exact) mass is 315 g/mol. The van der Waals surface area contributed by atoms with Crippen LogP contribution in [0.15, 0.2) is 18.2 Å². The number of piperidine rings is 1. The Labute approximate surface area is 129 Å². The summed E-state index contributed by atoms with van der Waals surface area (Å²) in [5, 5.41) is 11.6. The summed E-state index contributed by atoms with van der Waals surface area (Å²) in [6.07, 6.45) is 1.80. The second-order valence-corrected chi connectivity index (χ2v) is 6.86. The molecule has 2 saturated heterocycles. The third-order valence-corrected chi connectivity index (χ3v) is 4.88. The van der Waals surface area contributed by atoms with Gasteiger partial charge in [-0.15, -0.1) is 0 Å². The number of hydrogen-bond donors (Lipinski definition) is 1. The minimum Gasteiger partial charge on any atom is -0.387 e. The van der Waals surface area contributed by atoms with Gasteiger partial charge in [-0.2, -0.15) is 0 Å². The van der Waals surface area contributed by atoms with Gasteiger partial charge in [-0.3, -0.25) is 4.90 Å². The summed E-state index contributed by atoms with van der Waals surface area (Å²) >= 11 is 12.1. The topological polar surface area (TPSA) is 32.7 Å². The van der Waals surface area contributed by atoms with Crippen molar-refractivity contribution in [1.82, 2.24) is 4.90 Å². The molecule has 0 amide bonds. The molecule has 2 heterocycles. The maximum Gasteiger partial charge on any atom is 0.0931 e. The molecule has 3 nitrogen and oxygen atoms in total. The second kappa shape index (κ2) is 5.82.